The minimum absolute atomic E-state index is 0.455. The normalized spacial score (nSPS) is 12.0. The SMILES string of the molecule is CCN(C)c1cc(N(C)CCC(O)c2ccccc2)ncn1. The summed E-state index contributed by atoms with van der Waals surface area (Å²) in [6.07, 6.45) is 1.79. The van der Waals surface area contributed by atoms with Crippen molar-refractivity contribution in [2.75, 3.05) is 37.0 Å². The molecule has 1 N–H and O–H groups in total. The van der Waals surface area contributed by atoms with Crippen molar-refractivity contribution >= 4 is 11.6 Å². The van der Waals surface area contributed by atoms with Crippen molar-refractivity contribution in [2.24, 2.45) is 0 Å². The Morgan fingerprint density at radius 1 is 1.05 bits per heavy atom. The number of aromatic nitrogens is 2. The second kappa shape index (κ2) is 7.75. The van der Waals surface area contributed by atoms with Crippen LogP contribution in [0, 0.1) is 0 Å². The summed E-state index contributed by atoms with van der Waals surface area (Å²) < 4.78 is 0. The molecule has 1 unspecified atom stereocenters. The first-order valence-corrected chi connectivity index (χ1v) is 7.59. The van der Waals surface area contributed by atoms with E-state index in [0.717, 1.165) is 30.3 Å². The molecule has 0 aliphatic heterocycles. The summed E-state index contributed by atoms with van der Waals surface area (Å²) in [6.45, 7) is 3.71. The van der Waals surface area contributed by atoms with Crippen LogP contribution in [-0.2, 0) is 0 Å². The molecule has 1 atom stereocenters. The maximum absolute atomic E-state index is 10.2. The van der Waals surface area contributed by atoms with Crippen molar-refractivity contribution in [1.82, 2.24) is 9.97 Å². The molecule has 118 valence electrons. The van der Waals surface area contributed by atoms with E-state index >= 15 is 0 Å². The van der Waals surface area contributed by atoms with Gasteiger partial charge >= 0.3 is 0 Å². The topological polar surface area (TPSA) is 52.5 Å². The van der Waals surface area contributed by atoms with Crippen LogP contribution >= 0.6 is 0 Å². The van der Waals surface area contributed by atoms with E-state index in [1.54, 1.807) is 6.33 Å². The van der Waals surface area contributed by atoms with E-state index in [0.29, 0.717) is 6.42 Å². The minimum atomic E-state index is -0.455. The van der Waals surface area contributed by atoms with E-state index in [2.05, 4.69) is 21.8 Å². The van der Waals surface area contributed by atoms with E-state index in [4.69, 9.17) is 0 Å². The van der Waals surface area contributed by atoms with Gasteiger partial charge in [-0.15, -0.1) is 0 Å². The van der Waals surface area contributed by atoms with Crippen LogP contribution in [-0.4, -0.2) is 42.3 Å². The van der Waals surface area contributed by atoms with Crippen molar-refractivity contribution < 1.29 is 5.11 Å². The summed E-state index contributed by atoms with van der Waals surface area (Å²) in [4.78, 5) is 12.7. The predicted molar refractivity (Wildman–Crippen MR) is 90.3 cm³/mol. The number of nitrogens with zero attached hydrogens (tertiary/aromatic N) is 4. The highest BCUT2D eigenvalue weighted by molar-refractivity contribution is 5.49. The monoisotopic (exact) mass is 300 g/mol. The molecule has 2 rings (SSSR count). The highest BCUT2D eigenvalue weighted by Gasteiger charge is 2.11. The van der Waals surface area contributed by atoms with Gasteiger partial charge < -0.3 is 14.9 Å². The van der Waals surface area contributed by atoms with Crippen LogP contribution in [0.2, 0.25) is 0 Å². The Morgan fingerprint density at radius 3 is 2.32 bits per heavy atom. The van der Waals surface area contributed by atoms with E-state index < -0.39 is 6.10 Å². The number of anilines is 2. The lowest BCUT2D eigenvalue weighted by molar-refractivity contribution is 0.170. The van der Waals surface area contributed by atoms with Crippen LogP contribution in [0.4, 0.5) is 11.6 Å². The van der Waals surface area contributed by atoms with Crippen LogP contribution in [0.25, 0.3) is 0 Å². The quantitative estimate of drug-likeness (QED) is 0.851. The van der Waals surface area contributed by atoms with Crippen molar-refractivity contribution in [2.45, 2.75) is 19.4 Å². The van der Waals surface area contributed by atoms with Gasteiger partial charge in [-0.3, -0.25) is 0 Å². The Bertz CT molecular complexity index is 576. The zero-order chi connectivity index (χ0) is 15.9. The van der Waals surface area contributed by atoms with Crippen LogP contribution in [0.1, 0.15) is 25.0 Å². The summed E-state index contributed by atoms with van der Waals surface area (Å²) in [7, 11) is 3.99. The molecule has 0 fully saturated rings. The third kappa shape index (κ3) is 4.18. The Labute approximate surface area is 132 Å². The molecule has 0 bridgehead atoms. The molecule has 22 heavy (non-hydrogen) atoms. The molecule has 1 aromatic carbocycles. The van der Waals surface area contributed by atoms with Gasteiger partial charge in [0.15, 0.2) is 0 Å². The third-order valence-corrected chi connectivity index (χ3v) is 3.82. The summed E-state index contributed by atoms with van der Waals surface area (Å²) >= 11 is 0. The number of aliphatic hydroxyl groups is 1. The molecule has 1 aromatic heterocycles. The maximum atomic E-state index is 10.2. The summed E-state index contributed by atoms with van der Waals surface area (Å²) in [5.41, 5.74) is 0.949. The molecule has 0 aliphatic rings. The van der Waals surface area contributed by atoms with Gasteiger partial charge in [0.25, 0.3) is 0 Å². The zero-order valence-electron chi connectivity index (χ0n) is 13.5. The predicted octanol–water partition coefficient (Wildman–Crippen LogP) is 2.49. The summed E-state index contributed by atoms with van der Waals surface area (Å²) in [5, 5.41) is 10.2. The largest absolute Gasteiger partial charge is 0.388 e. The first-order chi connectivity index (χ1) is 10.6. The summed E-state index contributed by atoms with van der Waals surface area (Å²) in [5.74, 6) is 1.77. The smallest absolute Gasteiger partial charge is 0.133 e. The Kier molecular flexibility index (Phi) is 5.72. The number of hydrogen-bond acceptors (Lipinski definition) is 5. The third-order valence-electron chi connectivity index (χ3n) is 3.82. The first-order valence-electron chi connectivity index (χ1n) is 7.59. The molecule has 5 heteroatoms. The lowest BCUT2D eigenvalue weighted by atomic mass is 10.1. The van der Waals surface area contributed by atoms with Crippen molar-refractivity contribution in [3.63, 3.8) is 0 Å². The van der Waals surface area contributed by atoms with Crippen molar-refractivity contribution in [3.05, 3.63) is 48.3 Å². The number of aliphatic hydroxyl groups excluding tert-OH is 1. The van der Waals surface area contributed by atoms with E-state index in [-0.39, 0.29) is 0 Å². The Hall–Kier alpha value is -2.14. The molecular formula is C17H24N4O. The number of benzene rings is 1. The fourth-order valence-corrected chi connectivity index (χ4v) is 2.19. The van der Waals surface area contributed by atoms with Crippen molar-refractivity contribution in [1.29, 1.82) is 0 Å². The van der Waals surface area contributed by atoms with Gasteiger partial charge in [0.2, 0.25) is 0 Å². The van der Waals surface area contributed by atoms with E-state index in [1.807, 2.05) is 55.4 Å². The molecule has 5 nitrogen and oxygen atoms in total. The average molecular weight is 300 g/mol. The standard InChI is InChI=1S/C17H24N4O/c1-4-20(2)16-12-17(19-13-18-16)21(3)11-10-15(22)14-8-6-5-7-9-14/h5-9,12-13,15,22H,4,10-11H2,1-3H3. The maximum Gasteiger partial charge on any atom is 0.133 e. The van der Waals surface area contributed by atoms with Crippen molar-refractivity contribution in [3.8, 4) is 0 Å². The lowest BCUT2D eigenvalue weighted by Crippen LogP contribution is -2.23. The summed E-state index contributed by atoms with van der Waals surface area (Å²) in [6, 6.07) is 11.7. The molecule has 0 amide bonds. The molecule has 0 saturated carbocycles. The highest BCUT2D eigenvalue weighted by Crippen LogP contribution is 2.19. The molecule has 1 heterocycles. The van der Waals surface area contributed by atoms with Crippen LogP contribution in [0.3, 0.4) is 0 Å². The highest BCUT2D eigenvalue weighted by atomic mass is 16.3. The van der Waals surface area contributed by atoms with Gasteiger partial charge in [0, 0.05) is 33.3 Å². The van der Waals surface area contributed by atoms with Crippen LogP contribution in [0.5, 0.6) is 0 Å². The second-order valence-electron chi connectivity index (χ2n) is 5.39. The molecular weight excluding hydrogens is 276 g/mol. The van der Waals surface area contributed by atoms with E-state index in [9.17, 15) is 5.11 Å². The van der Waals surface area contributed by atoms with Gasteiger partial charge in [-0.1, -0.05) is 30.3 Å². The van der Waals surface area contributed by atoms with E-state index in [1.165, 1.54) is 0 Å². The average Bonchev–Trinajstić information content (AvgIpc) is 2.59. The molecule has 0 saturated heterocycles. The van der Waals surface area contributed by atoms with Gasteiger partial charge in [-0.2, -0.15) is 0 Å². The number of hydrogen-bond donors (Lipinski definition) is 1. The molecule has 0 radical (unpaired) electrons. The number of rotatable bonds is 7. The molecule has 2 aromatic rings. The fourth-order valence-electron chi connectivity index (χ4n) is 2.19. The van der Waals surface area contributed by atoms with Crippen LogP contribution < -0.4 is 9.80 Å². The van der Waals surface area contributed by atoms with Crippen LogP contribution in [0.15, 0.2) is 42.7 Å². The molecule has 0 aliphatic carbocycles. The minimum Gasteiger partial charge on any atom is -0.388 e. The lowest BCUT2D eigenvalue weighted by Gasteiger charge is -2.22. The van der Waals surface area contributed by atoms with Gasteiger partial charge in [-0.05, 0) is 18.9 Å². The zero-order valence-corrected chi connectivity index (χ0v) is 13.5. The Morgan fingerprint density at radius 2 is 1.68 bits per heavy atom. The van der Waals surface area contributed by atoms with Gasteiger partial charge in [0.05, 0.1) is 6.10 Å². The fraction of sp³-hybridized carbons (Fsp3) is 0.412. The van der Waals surface area contributed by atoms with Gasteiger partial charge in [0.1, 0.15) is 18.0 Å². The Balaban J connectivity index is 1.96. The van der Waals surface area contributed by atoms with Gasteiger partial charge in [-0.25, -0.2) is 9.97 Å². The second-order valence-corrected chi connectivity index (χ2v) is 5.39. The molecule has 0 spiro atoms. The first kappa shape index (κ1) is 16.2.